The lowest BCUT2D eigenvalue weighted by Gasteiger charge is -2.28. The number of amides is 1. The Balaban J connectivity index is 1.50. The van der Waals surface area contributed by atoms with E-state index < -0.39 is 5.91 Å². The van der Waals surface area contributed by atoms with E-state index in [2.05, 4.69) is 37.6 Å². The third kappa shape index (κ3) is 5.55. The lowest BCUT2D eigenvalue weighted by Crippen LogP contribution is -2.31. The van der Waals surface area contributed by atoms with Gasteiger partial charge < -0.3 is 20.3 Å². The average Bonchev–Trinajstić information content (AvgIpc) is 3.25. The fraction of sp³-hybridized carbons (Fsp3) is 0.364. The van der Waals surface area contributed by atoms with Gasteiger partial charge in [-0.05, 0) is 52.0 Å². The lowest BCUT2D eigenvalue weighted by atomic mass is 10.1. The number of carbonyl (C=O) groups is 1. The summed E-state index contributed by atoms with van der Waals surface area (Å²) in [5.41, 5.74) is 1.24. The van der Waals surface area contributed by atoms with Crippen LogP contribution in [0.4, 0.5) is 17.3 Å². The van der Waals surface area contributed by atoms with Crippen LogP contribution in [-0.4, -0.2) is 57.3 Å². The molecule has 9 nitrogen and oxygen atoms in total. The van der Waals surface area contributed by atoms with Crippen molar-refractivity contribution in [1.82, 2.24) is 24.6 Å². The maximum atomic E-state index is 12.9. The molecule has 1 saturated heterocycles. The third-order valence-electron chi connectivity index (χ3n) is 5.40. The summed E-state index contributed by atoms with van der Waals surface area (Å²) in [7, 11) is 2.13. The zero-order valence-corrected chi connectivity index (χ0v) is 19.9. The van der Waals surface area contributed by atoms with Crippen LogP contribution in [0.2, 0.25) is 10.0 Å². The smallest absolute Gasteiger partial charge is 0.262 e. The van der Waals surface area contributed by atoms with Gasteiger partial charge in [0.1, 0.15) is 5.56 Å². The van der Waals surface area contributed by atoms with E-state index in [9.17, 15) is 4.79 Å². The normalized spacial score (nSPS) is 14.8. The number of rotatable bonds is 7. The first-order valence-corrected chi connectivity index (χ1v) is 11.4. The summed E-state index contributed by atoms with van der Waals surface area (Å²) in [4.78, 5) is 23.8. The van der Waals surface area contributed by atoms with Gasteiger partial charge in [-0.25, -0.2) is 4.98 Å². The summed E-state index contributed by atoms with van der Waals surface area (Å²) >= 11 is 12.3. The highest BCUT2D eigenvalue weighted by Crippen LogP contribution is 2.31. The van der Waals surface area contributed by atoms with Crippen molar-refractivity contribution >= 4 is 46.4 Å². The molecule has 4 rings (SSSR count). The minimum atomic E-state index is -0.477. The predicted molar refractivity (Wildman–Crippen MR) is 129 cm³/mol. The number of ether oxygens (including phenoxy) is 1. The maximum absolute atomic E-state index is 12.9. The van der Waals surface area contributed by atoms with Gasteiger partial charge in [0, 0.05) is 12.4 Å². The molecule has 0 aliphatic carbocycles. The molecule has 0 spiro atoms. The molecule has 1 aliphatic heterocycles. The van der Waals surface area contributed by atoms with Crippen molar-refractivity contribution in [3.63, 3.8) is 0 Å². The fourth-order valence-corrected chi connectivity index (χ4v) is 4.11. The number of piperidine rings is 1. The van der Waals surface area contributed by atoms with E-state index in [-0.39, 0.29) is 11.4 Å². The molecule has 1 amide bonds. The van der Waals surface area contributed by atoms with Crippen LogP contribution >= 0.6 is 23.2 Å². The van der Waals surface area contributed by atoms with Gasteiger partial charge in [-0.1, -0.05) is 29.3 Å². The van der Waals surface area contributed by atoms with E-state index in [1.807, 2.05) is 17.8 Å². The fourth-order valence-electron chi connectivity index (χ4n) is 3.62. The second kappa shape index (κ2) is 10.4. The molecular formula is C22H25Cl2N7O2. The van der Waals surface area contributed by atoms with Crippen LogP contribution in [-0.2, 0) is 0 Å². The highest BCUT2D eigenvalue weighted by atomic mass is 35.5. The van der Waals surface area contributed by atoms with Gasteiger partial charge >= 0.3 is 0 Å². The van der Waals surface area contributed by atoms with E-state index >= 15 is 0 Å². The monoisotopic (exact) mass is 489 g/mol. The Morgan fingerprint density at radius 3 is 2.64 bits per heavy atom. The first-order chi connectivity index (χ1) is 15.9. The Bertz CT molecular complexity index is 1110. The quantitative estimate of drug-likeness (QED) is 0.498. The first-order valence-electron chi connectivity index (χ1n) is 10.7. The first kappa shape index (κ1) is 23.3. The second-order valence-electron chi connectivity index (χ2n) is 7.76. The Kier molecular flexibility index (Phi) is 7.32. The number of para-hydroxylation sites is 1. The standard InChI is InChI=1S/C22H25Cl2N7O2/c1-3-33-21-16(20(32)28-19-17(23)5-4-6-18(19)24)12-25-22(29-21)27-14-11-26-31(13-14)15-7-9-30(2)10-8-15/h4-6,11-13,15H,3,7-10H2,1-2H3,(H,28,32)(H,25,27,29). The maximum Gasteiger partial charge on any atom is 0.262 e. The van der Waals surface area contributed by atoms with Gasteiger partial charge in [-0.3, -0.25) is 9.48 Å². The SMILES string of the molecule is CCOc1nc(Nc2cnn(C3CCN(C)CC3)c2)ncc1C(=O)Nc1c(Cl)cccc1Cl. The highest BCUT2D eigenvalue weighted by molar-refractivity contribution is 6.40. The van der Waals surface area contributed by atoms with Crippen molar-refractivity contribution in [3.8, 4) is 5.88 Å². The molecule has 1 aliphatic rings. The minimum absolute atomic E-state index is 0.151. The third-order valence-corrected chi connectivity index (χ3v) is 6.03. The number of carbonyl (C=O) groups excluding carboxylic acids is 1. The Labute approximate surface area is 202 Å². The van der Waals surface area contributed by atoms with Crippen LogP contribution in [0.25, 0.3) is 0 Å². The molecule has 3 aromatic rings. The van der Waals surface area contributed by atoms with Crippen LogP contribution in [0.3, 0.4) is 0 Å². The van der Waals surface area contributed by atoms with Crippen LogP contribution in [0.5, 0.6) is 5.88 Å². The zero-order chi connectivity index (χ0) is 23.4. The van der Waals surface area contributed by atoms with Crippen LogP contribution in [0.15, 0.2) is 36.8 Å². The van der Waals surface area contributed by atoms with Crippen LogP contribution < -0.4 is 15.4 Å². The summed E-state index contributed by atoms with van der Waals surface area (Å²) < 4.78 is 7.58. The number of halogens is 2. The van der Waals surface area contributed by atoms with Crippen molar-refractivity contribution < 1.29 is 9.53 Å². The molecule has 33 heavy (non-hydrogen) atoms. The Morgan fingerprint density at radius 1 is 1.21 bits per heavy atom. The number of likely N-dealkylation sites (tertiary alicyclic amines) is 1. The van der Waals surface area contributed by atoms with Crippen LogP contribution in [0.1, 0.15) is 36.2 Å². The highest BCUT2D eigenvalue weighted by Gasteiger charge is 2.21. The van der Waals surface area contributed by atoms with E-state index in [1.54, 1.807) is 24.4 Å². The van der Waals surface area contributed by atoms with Crippen molar-refractivity contribution in [3.05, 3.63) is 52.4 Å². The second-order valence-corrected chi connectivity index (χ2v) is 8.58. The van der Waals surface area contributed by atoms with Crippen molar-refractivity contribution in [2.75, 3.05) is 37.4 Å². The number of aromatic nitrogens is 4. The molecule has 0 unspecified atom stereocenters. The lowest BCUT2D eigenvalue weighted by molar-refractivity contribution is 0.102. The topological polar surface area (TPSA) is 97.2 Å². The van der Waals surface area contributed by atoms with E-state index in [0.717, 1.165) is 31.6 Å². The largest absolute Gasteiger partial charge is 0.477 e. The number of nitrogens with one attached hydrogen (secondary N) is 2. The molecule has 2 N–H and O–H groups in total. The Hall–Kier alpha value is -2.88. The summed E-state index contributed by atoms with van der Waals surface area (Å²) in [5, 5.41) is 11.0. The number of benzene rings is 1. The van der Waals surface area contributed by atoms with E-state index in [4.69, 9.17) is 27.9 Å². The number of anilines is 3. The molecule has 174 valence electrons. The summed E-state index contributed by atoms with van der Waals surface area (Å²) in [5.74, 6) is -0.0258. The average molecular weight is 490 g/mol. The molecule has 3 heterocycles. The number of hydrogen-bond acceptors (Lipinski definition) is 7. The summed E-state index contributed by atoms with van der Waals surface area (Å²) in [6.07, 6.45) is 7.20. The molecule has 1 fully saturated rings. The van der Waals surface area contributed by atoms with Gasteiger partial charge in [-0.2, -0.15) is 10.1 Å². The molecule has 0 atom stereocenters. The van der Waals surface area contributed by atoms with Gasteiger partial charge in [0.25, 0.3) is 5.91 Å². The minimum Gasteiger partial charge on any atom is -0.477 e. The van der Waals surface area contributed by atoms with Gasteiger partial charge in [0.15, 0.2) is 0 Å². The predicted octanol–water partition coefficient (Wildman–Crippen LogP) is 4.64. The van der Waals surface area contributed by atoms with Gasteiger partial charge in [-0.15, -0.1) is 0 Å². The zero-order valence-electron chi connectivity index (χ0n) is 18.4. The van der Waals surface area contributed by atoms with Crippen molar-refractivity contribution in [2.24, 2.45) is 0 Å². The van der Waals surface area contributed by atoms with Gasteiger partial charge in [0.2, 0.25) is 11.8 Å². The number of hydrogen-bond donors (Lipinski definition) is 2. The Morgan fingerprint density at radius 2 is 1.94 bits per heavy atom. The van der Waals surface area contributed by atoms with E-state index in [1.165, 1.54) is 6.20 Å². The molecular weight excluding hydrogens is 465 g/mol. The van der Waals surface area contributed by atoms with Crippen LogP contribution in [0, 0.1) is 0 Å². The summed E-state index contributed by atoms with van der Waals surface area (Å²) in [6.45, 7) is 4.25. The summed E-state index contributed by atoms with van der Waals surface area (Å²) in [6, 6.07) is 5.35. The molecule has 0 bridgehead atoms. The molecule has 11 heteroatoms. The number of nitrogens with zero attached hydrogens (tertiary/aromatic N) is 5. The van der Waals surface area contributed by atoms with Crippen molar-refractivity contribution in [1.29, 1.82) is 0 Å². The molecule has 0 saturated carbocycles. The molecule has 0 radical (unpaired) electrons. The van der Waals surface area contributed by atoms with Gasteiger partial charge in [0.05, 0.1) is 40.3 Å². The van der Waals surface area contributed by atoms with E-state index in [0.29, 0.717) is 34.3 Å². The molecule has 2 aromatic heterocycles. The van der Waals surface area contributed by atoms with Crippen molar-refractivity contribution in [2.45, 2.75) is 25.8 Å². The molecule has 1 aromatic carbocycles.